The lowest BCUT2D eigenvalue weighted by Gasteiger charge is -2.32. The summed E-state index contributed by atoms with van der Waals surface area (Å²) in [4.78, 5) is 28.8. The second-order valence-electron chi connectivity index (χ2n) is 10.3. The number of methoxy groups -OCH3 is 1. The summed E-state index contributed by atoms with van der Waals surface area (Å²) in [5.74, 6) is -0.277. The number of hydrogen-bond donors (Lipinski definition) is 1. The van der Waals surface area contributed by atoms with Gasteiger partial charge in [0.05, 0.1) is 17.7 Å². The normalized spacial score (nSPS) is 14.3. The summed E-state index contributed by atoms with van der Waals surface area (Å²) in [6.45, 7) is 3.15. The molecule has 3 aromatic carbocycles. The first-order chi connectivity index (χ1) is 19.6. The molecule has 0 aromatic heterocycles. The van der Waals surface area contributed by atoms with E-state index in [0.717, 1.165) is 41.1 Å². The summed E-state index contributed by atoms with van der Waals surface area (Å²) in [6, 6.07) is 19.2. The predicted octanol–water partition coefficient (Wildman–Crippen LogP) is 5.33. The molecule has 3 aromatic rings. The van der Waals surface area contributed by atoms with Gasteiger partial charge in [0.1, 0.15) is 18.3 Å². The van der Waals surface area contributed by atoms with Crippen molar-refractivity contribution < 1.29 is 22.7 Å². The number of nitrogens with zero attached hydrogens (tertiary/aromatic N) is 2. The van der Waals surface area contributed by atoms with Gasteiger partial charge in [0.15, 0.2) is 0 Å². The molecule has 8 nitrogen and oxygen atoms in total. The van der Waals surface area contributed by atoms with Gasteiger partial charge < -0.3 is 15.0 Å². The van der Waals surface area contributed by atoms with Crippen molar-refractivity contribution in [3.05, 3.63) is 88.9 Å². The van der Waals surface area contributed by atoms with Crippen LogP contribution < -0.4 is 14.4 Å². The first-order valence-corrected chi connectivity index (χ1v) is 15.5. The van der Waals surface area contributed by atoms with Gasteiger partial charge in [-0.2, -0.15) is 0 Å². The summed E-state index contributed by atoms with van der Waals surface area (Å²) >= 11 is 6.21. The molecule has 1 aliphatic carbocycles. The molecule has 0 saturated heterocycles. The lowest BCUT2D eigenvalue weighted by atomic mass is 10.1. The Balaban J connectivity index is 1.68. The average molecular weight is 598 g/mol. The van der Waals surface area contributed by atoms with Crippen molar-refractivity contribution in [1.82, 2.24) is 10.2 Å². The highest BCUT2D eigenvalue weighted by Crippen LogP contribution is 2.27. The molecular weight excluding hydrogens is 562 g/mol. The van der Waals surface area contributed by atoms with E-state index >= 15 is 0 Å². The Morgan fingerprint density at radius 3 is 2.29 bits per heavy atom. The molecule has 0 spiro atoms. The van der Waals surface area contributed by atoms with E-state index in [0.29, 0.717) is 16.5 Å². The third kappa shape index (κ3) is 7.59. The van der Waals surface area contributed by atoms with Gasteiger partial charge in [-0.05, 0) is 80.8 Å². The number of sulfonamides is 1. The molecule has 0 aliphatic heterocycles. The fraction of sp³-hybridized carbons (Fsp3) is 0.355. The topological polar surface area (TPSA) is 96.0 Å². The molecule has 10 heteroatoms. The molecule has 2 amide bonds. The molecule has 41 heavy (non-hydrogen) atoms. The number of rotatable bonds is 11. The van der Waals surface area contributed by atoms with E-state index < -0.39 is 28.5 Å². The predicted molar refractivity (Wildman–Crippen MR) is 161 cm³/mol. The van der Waals surface area contributed by atoms with E-state index in [9.17, 15) is 18.0 Å². The molecule has 218 valence electrons. The number of amides is 2. The lowest BCUT2D eigenvalue weighted by Crippen LogP contribution is -2.52. The van der Waals surface area contributed by atoms with Crippen molar-refractivity contribution in [2.45, 2.75) is 63.1 Å². The van der Waals surface area contributed by atoms with Crippen molar-refractivity contribution in [2.24, 2.45) is 0 Å². The Morgan fingerprint density at radius 1 is 1.02 bits per heavy atom. The van der Waals surface area contributed by atoms with Crippen LogP contribution in [0.25, 0.3) is 0 Å². The van der Waals surface area contributed by atoms with Gasteiger partial charge >= 0.3 is 0 Å². The number of hydrogen-bond acceptors (Lipinski definition) is 5. The monoisotopic (exact) mass is 597 g/mol. The third-order valence-electron chi connectivity index (χ3n) is 7.36. The molecule has 1 N–H and O–H groups in total. The maximum atomic E-state index is 14.0. The van der Waals surface area contributed by atoms with Crippen LogP contribution in [-0.2, 0) is 26.2 Å². The summed E-state index contributed by atoms with van der Waals surface area (Å²) in [5, 5.41) is 3.57. The Hall–Kier alpha value is -3.56. The SMILES string of the molecule is COc1ccc(S(=O)(=O)N(CC(=O)N(Cc2cccc(Cl)c2)[C@@H](C)C(=O)NC2CCCC2)c2ccc(C)cc2)cc1. The van der Waals surface area contributed by atoms with E-state index in [1.165, 1.54) is 24.1 Å². The zero-order chi connectivity index (χ0) is 29.6. The van der Waals surface area contributed by atoms with E-state index in [1.807, 2.05) is 13.0 Å². The quantitative estimate of drug-likeness (QED) is 0.322. The highest BCUT2D eigenvalue weighted by molar-refractivity contribution is 7.92. The highest BCUT2D eigenvalue weighted by Gasteiger charge is 2.33. The van der Waals surface area contributed by atoms with Crippen LogP contribution in [0, 0.1) is 6.92 Å². The summed E-state index contributed by atoms with van der Waals surface area (Å²) in [7, 11) is -2.66. The Morgan fingerprint density at radius 2 is 1.68 bits per heavy atom. The standard InChI is InChI=1S/C31H36ClN3O5S/c1-22-11-13-27(14-12-22)35(41(38,39)29-17-15-28(40-3)16-18-29)21-30(36)34(20-24-7-6-8-25(32)19-24)23(2)31(37)33-26-9-4-5-10-26/h6-8,11-19,23,26H,4-5,9-10,20-21H2,1-3H3,(H,33,37)/t23-/m0/s1. The number of benzene rings is 3. The minimum absolute atomic E-state index is 0.0140. The maximum Gasteiger partial charge on any atom is 0.264 e. The van der Waals surface area contributed by atoms with Gasteiger partial charge in [-0.3, -0.25) is 13.9 Å². The third-order valence-corrected chi connectivity index (χ3v) is 9.38. The van der Waals surface area contributed by atoms with Crippen LogP contribution in [0.5, 0.6) is 5.75 Å². The Kier molecular flexibility index (Phi) is 9.94. The lowest BCUT2D eigenvalue weighted by molar-refractivity contribution is -0.139. The number of halogens is 1. The molecule has 4 rings (SSSR count). The van der Waals surface area contributed by atoms with Gasteiger partial charge in [-0.25, -0.2) is 8.42 Å². The van der Waals surface area contributed by atoms with Crippen molar-refractivity contribution >= 4 is 39.1 Å². The fourth-order valence-corrected chi connectivity index (χ4v) is 6.55. The maximum absolute atomic E-state index is 14.0. The zero-order valence-electron chi connectivity index (χ0n) is 23.5. The second kappa shape index (κ2) is 13.4. The number of carbonyl (C=O) groups excluding carboxylic acids is 2. The Bertz CT molecular complexity index is 1460. The van der Waals surface area contributed by atoms with Crippen molar-refractivity contribution in [3.63, 3.8) is 0 Å². The first kappa shape index (κ1) is 30.4. The molecule has 1 aliphatic rings. The highest BCUT2D eigenvalue weighted by atomic mass is 35.5. The molecule has 0 heterocycles. The van der Waals surface area contributed by atoms with Crippen molar-refractivity contribution in [3.8, 4) is 5.75 Å². The molecule has 0 radical (unpaired) electrons. The number of nitrogens with one attached hydrogen (secondary N) is 1. The first-order valence-electron chi connectivity index (χ1n) is 13.7. The van der Waals surface area contributed by atoms with Gasteiger partial charge in [0.2, 0.25) is 11.8 Å². The molecule has 1 fully saturated rings. The smallest absolute Gasteiger partial charge is 0.264 e. The average Bonchev–Trinajstić information content (AvgIpc) is 3.48. The zero-order valence-corrected chi connectivity index (χ0v) is 25.1. The molecular formula is C31H36ClN3O5S. The van der Waals surface area contributed by atoms with Gasteiger partial charge in [-0.15, -0.1) is 0 Å². The minimum Gasteiger partial charge on any atom is -0.497 e. The van der Waals surface area contributed by atoms with E-state index in [4.69, 9.17) is 16.3 Å². The number of ether oxygens (including phenoxy) is 1. The second-order valence-corrected chi connectivity index (χ2v) is 12.6. The van der Waals surface area contributed by atoms with Gasteiger partial charge in [0.25, 0.3) is 10.0 Å². The number of anilines is 1. The summed E-state index contributed by atoms with van der Waals surface area (Å²) in [5.41, 5.74) is 2.01. The van der Waals surface area contributed by atoms with Crippen LogP contribution in [0.2, 0.25) is 5.02 Å². The van der Waals surface area contributed by atoms with Crippen molar-refractivity contribution in [2.75, 3.05) is 18.0 Å². The molecule has 0 bridgehead atoms. The summed E-state index contributed by atoms with van der Waals surface area (Å²) in [6.07, 6.45) is 3.92. The minimum atomic E-state index is -4.16. The number of aryl methyl sites for hydroxylation is 1. The van der Waals surface area contributed by atoms with Crippen LogP contribution >= 0.6 is 11.6 Å². The van der Waals surface area contributed by atoms with Crippen LogP contribution in [0.4, 0.5) is 5.69 Å². The number of carbonyl (C=O) groups is 2. The van der Waals surface area contributed by atoms with Crippen LogP contribution in [0.15, 0.2) is 77.7 Å². The van der Waals surface area contributed by atoms with Gasteiger partial charge in [-0.1, -0.05) is 54.3 Å². The summed E-state index contributed by atoms with van der Waals surface area (Å²) < 4.78 is 34.1. The Labute approximate surface area is 247 Å². The van der Waals surface area contributed by atoms with Crippen molar-refractivity contribution in [1.29, 1.82) is 0 Å². The van der Waals surface area contributed by atoms with E-state index in [2.05, 4.69) is 5.32 Å². The van der Waals surface area contributed by atoms with E-state index in [-0.39, 0.29) is 23.4 Å². The molecule has 0 unspecified atom stereocenters. The van der Waals surface area contributed by atoms with Gasteiger partial charge in [0, 0.05) is 17.6 Å². The molecule has 1 saturated carbocycles. The fourth-order valence-electron chi connectivity index (χ4n) is 4.92. The largest absolute Gasteiger partial charge is 0.497 e. The van der Waals surface area contributed by atoms with Crippen LogP contribution in [-0.4, -0.2) is 50.9 Å². The van der Waals surface area contributed by atoms with Crippen LogP contribution in [0.3, 0.4) is 0 Å². The van der Waals surface area contributed by atoms with Crippen LogP contribution in [0.1, 0.15) is 43.7 Å². The molecule has 1 atom stereocenters. The van der Waals surface area contributed by atoms with E-state index in [1.54, 1.807) is 61.5 Å².